The highest BCUT2D eigenvalue weighted by Crippen LogP contribution is 2.34. The Hall–Kier alpha value is -2.52. The Morgan fingerprint density at radius 3 is 2.62 bits per heavy atom. The molecule has 0 saturated heterocycles. The van der Waals surface area contributed by atoms with Gasteiger partial charge in [0.25, 0.3) is 5.22 Å². The summed E-state index contributed by atoms with van der Waals surface area (Å²) in [5, 5.41) is 9.74. The summed E-state index contributed by atoms with van der Waals surface area (Å²) < 4.78 is 44.1. The number of halogens is 4. The SMILES string of the molecule is CC(Sc1nnc(Cc2ccccc2)o1)C(=O)Nc1cc(C(F)(F)F)ccc1Cl. The fourth-order valence-electron chi connectivity index (χ4n) is 2.36. The maximum atomic E-state index is 12.9. The largest absolute Gasteiger partial charge is 0.416 e. The third-order valence-corrected chi connectivity index (χ3v) is 5.11. The van der Waals surface area contributed by atoms with Crippen molar-refractivity contribution < 1.29 is 22.4 Å². The van der Waals surface area contributed by atoms with E-state index in [2.05, 4.69) is 15.5 Å². The van der Waals surface area contributed by atoms with E-state index in [0.717, 1.165) is 35.5 Å². The van der Waals surface area contributed by atoms with Crippen molar-refractivity contribution >= 4 is 35.0 Å². The van der Waals surface area contributed by atoms with Crippen LogP contribution in [0.2, 0.25) is 5.02 Å². The molecule has 0 aliphatic rings. The van der Waals surface area contributed by atoms with Crippen LogP contribution in [0.3, 0.4) is 0 Å². The Morgan fingerprint density at radius 1 is 1.21 bits per heavy atom. The zero-order valence-corrected chi connectivity index (χ0v) is 16.6. The molecule has 0 spiro atoms. The first-order chi connectivity index (χ1) is 13.7. The van der Waals surface area contributed by atoms with Crippen molar-refractivity contribution in [1.82, 2.24) is 10.2 Å². The van der Waals surface area contributed by atoms with E-state index in [1.807, 2.05) is 30.3 Å². The molecular weight excluding hydrogens is 427 g/mol. The van der Waals surface area contributed by atoms with E-state index in [-0.39, 0.29) is 15.9 Å². The summed E-state index contributed by atoms with van der Waals surface area (Å²) >= 11 is 6.91. The number of alkyl halides is 3. The molecule has 0 saturated carbocycles. The predicted molar refractivity (Wildman–Crippen MR) is 104 cm³/mol. The molecule has 0 bridgehead atoms. The molecule has 0 fully saturated rings. The molecule has 29 heavy (non-hydrogen) atoms. The first kappa shape index (κ1) is 21.2. The number of anilines is 1. The van der Waals surface area contributed by atoms with Crippen LogP contribution in [0.1, 0.15) is 23.9 Å². The van der Waals surface area contributed by atoms with E-state index < -0.39 is 22.9 Å². The van der Waals surface area contributed by atoms with Gasteiger partial charge >= 0.3 is 6.18 Å². The fourth-order valence-corrected chi connectivity index (χ4v) is 3.23. The summed E-state index contributed by atoms with van der Waals surface area (Å²) in [5.41, 5.74) is -0.0214. The van der Waals surface area contributed by atoms with E-state index in [9.17, 15) is 18.0 Å². The van der Waals surface area contributed by atoms with Gasteiger partial charge in [0.15, 0.2) is 0 Å². The van der Waals surface area contributed by atoms with Crippen LogP contribution in [0.15, 0.2) is 58.2 Å². The van der Waals surface area contributed by atoms with Gasteiger partial charge in [0.1, 0.15) is 0 Å². The second-order valence-corrected chi connectivity index (χ2v) is 7.77. The molecule has 0 aliphatic heterocycles. The second-order valence-electron chi connectivity index (χ2n) is 6.07. The summed E-state index contributed by atoms with van der Waals surface area (Å²) in [7, 11) is 0. The molecule has 1 atom stereocenters. The first-order valence-electron chi connectivity index (χ1n) is 8.43. The molecule has 1 heterocycles. The number of rotatable bonds is 6. The fraction of sp³-hybridized carbons (Fsp3) is 0.211. The van der Waals surface area contributed by atoms with Crippen molar-refractivity contribution in [2.75, 3.05) is 5.32 Å². The van der Waals surface area contributed by atoms with Crippen LogP contribution in [0.5, 0.6) is 0 Å². The minimum atomic E-state index is -4.54. The Labute approximate surface area is 173 Å². The van der Waals surface area contributed by atoms with Gasteiger partial charge in [0, 0.05) is 0 Å². The molecule has 0 aliphatic carbocycles. The maximum absolute atomic E-state index is 12.9. The van der Waals surface area contributed by atoms with Crippen molar-refractivity contribution in [2.24, 2.45) is 0 Å². The predicted octanol–water partition coefficient (Wildman–Crippen LogP) is 5.45. The number of nitrogens with one attached hydrogen (secondary N) is 1. The average molecular weight is 442 g/mol. The Morgan fingerprint density at radius 2 is 1.93 bits per heavy atom. The van der Waals surface area contributed by atoms with E-state index >= 15 is 0 Å². The van der Waals surface area contributed by atoms with Gasteiger partial charge in [-0.1, -0.05) is 53.7 Å². The van der Waals surface area contributed by atoms with E-state index in [0.29, 0.717) is 12.3 Å². The number of carbonyl (C=O) groups is 1. The monoisotopic (exact) mass is 441 g/mol. The number of hydrogen-bond acceptors (Lipinski definition) is 5. The zero-order valence-electron chi connectivity index (χ0n) is 15.0. The number of amides is 1. The van der Waals surface area contributed by atoms with Gasteiger partial charge in [-0.2, -0.15) is 13.2 Å². The van der Waals surface area contributed by atoms with Crippen LogP contribution in [0, 0.1) is 0 Å². The molecule has 2 aromatic carbocycles. The van der Waals surface area contributed by atoms with E-state index in [1.54, 1.807) is 6.92 Å². The normalized spacial score (nSPS) is 12.6. The highest BCUT2D eigenvalue weighted by molar-refractivity contribution is 8.00. The molecule has 1 N–H and O–H groups in total. The molecule has 5 nitrogen and oxygen atoms in total. The Balaban J connectivity index is 1.63. The number of thioether (sulfide) groups is 1. The molecule has 3 aromatic rings. The number of carbonyl (C=O) groups excluding carboxylic acids is 1. The third kappa shape index (κ3) is 5.74. The number of benzene rings is 2. The minimum Gasteiger partial charge on any atom is -0.416 e. The van der Waals surface area contributed by atoms with Crippen molar-refractivity contribution in [3.8, 4) is 0 Å². The van der Waals surface area contributed by atoms with Gasteiger partial charge in [0.2, 0.25) is 11.8 Å². The van der Waals surface area contributed by atoms with Crippen molar-refractivity contribution in [1.29, 1.82) is 0 Å². The number of aromatic nitrogens is 2. The average Bonchev–Trinajstić information content (AvgIpc) is 3.10. The molecule has 1 aromatic heterocycles. The minimum absolute atomic E-state index is 0.00601. The second kappa shape index (κ2) is 8.87. The molecule has 152 valence electrons. The summed E-state index contributed by atoms with van der Waals surface area (Å²) in [6.45, 7) is 1.57. The van der Waals surface area contributed by atoms with Crippen LogP contribution in [0.4, 0.5) is 18.9 Å². The van der Waals surface area contributed by atoms with Gasteiger partial charge in [-0.05, 0) is 30.7 Å². The number of nitrogens with zero attached hydrogens (tertiary/aromatic N) is 2. The molecule has 1 unspecified atom stereocenters. The van der Waals surface area contributed by atoms with E-state index in [1.165, 1.54) is 0 Å². The van der Waals surface area contributed by atoms with Crippen LogP contribution >= 0.6 is 23.4 Å². The summed E-state index contributed by atoms with van der Waals surface area (Å²) in [6, 6.07) is 12.3. The lowest BCUT2D eigenvalue weighted by molar-refractivity contribution is -0.137. The van der Waals surface area contributed by atoms with Crippen LogP contribution in [0.25, 0.3) is 0 Å². The van der Waals surface area contributed by atoms with Crippen LogP contribution < -0.4 is 5.32 Å². The highest BCUT2D eigenvalue weighted by atomic mass is 35.5. The van der Waals surface area contributed by atoms with Crippen LogP contribution in [-0.4, -0.2) is 21.4 Å². The molecular formula is C19H15ClF3N3O2S. The van der Waals surface area contributed by atoms with Gasteiger partial charge < -0.3 is 9.73 Å². The molecule has 0 radical (unpaired) electrons. The summed E-state index contributed by atoms with van der Waals surface area (Å²) in [4.78, 5) is 12.4. The zero-order chi connectivity index (χ0) is 21.0. The lowest BCUT2D eigenvalue weighted by atomic mass is 10.2. The third-order valence-electron chi connectivity index (χ3n) is 3.84. The van der Waals surface area contributed by atoms with Gasteiger partial charge in [0.05, 0.1) is 27.9 Å². The summed E-state index contributed by atoms with van der Waals surface area (Å²) in [5.74, 6) is -0.147. The first-order valence-corrected chi connectivity index (χ1v) is 9.68. The standard InChI is InChI=1S/C19H15ClF3N3O2S/c1-11(17(27)24-15-10-13(19(21,22)23)7-8-14(15)20)29-18-26-25-16(28-18)9-12-5-3-2-4-6-12/h2-8,10-11H,9H2,1H3,(H,24,27). The lowest BCUT2D eigenvalue weighted by Crippen LogP contribution is -2.23. The van der Waals surface area contributed by atoms with Crippen molar-refractivity contribution in [3.05, 3.63) is 70.6 Å². The van der Waals surface area contributed by atoms with Gasteiger partial charge in [-0.15, -0.1) is 10.2 Å². The molecule has 10 heteroatoms. The smallest absolute Gasteiger partial charge is 0.416 e. The lowest BCUT2D eigenvalue weighted by Gasteiger charge is -2.13. The Kier molecular flexibility index (Phi) is 6.49. The quantitative estimate of drug-likeness (QED) is 0.515. The Bertz CT molecular complexity index is 996. The molecule has 1 amide bonds. The maximum Gasteiger partial charge on any atom is 0.416 e. The number of hydrogen-bond donors (Lipinski definition) is 1. The van der Waals surface area contributed by atoms with E-state index in [4.69, 9.17) is 16.0 Å². The topological polar surface area (TPSA) is 68.0 Å². The highest BCUT2D eigenvalue weighted by Gasteiger charge is 2.31. The van der Waals surface area contributed by atoms with Crippen LogP contribution in [-0.2, 0) is 17.4 Å². The van der Waals surface area contributed by atoms with Crippen molar-refractivity contribution in [2.45, 2.75) is 30.0 Å². The van der Waals surface area contributed by atoms with Crippen molar-refractivity contribution in [3.63, 3.8) is 0 Å². The van der Waals surface area contributed by atoms with Gasteiger partial charge in [-0.25, -0.2) is 0 Å². The summed E-state index contributed by atoms with van der Waals surface area (Å²) in [6.07, 6.45) is -4.09. The molecule has 3 rings (SSSR count). The van der Waals surface area contributed by atoms with Gasteiger partial charge in [-0.3, -0.25) is 4.79 Å².